The number of carbonyl (C=O) groups is 4. The van der Waals surface area contributed by atoms with Gasteiger partial charge in [-0.3, -0.25) is 19.2 Å². The first-order chi connectivity index (χ1) is 13.6. The van der Waals surface area contributed by atoms with Crippen molar-refractivity contribution in [3.63, 3.8) is 0 Å². The van der Waals surface area contributed by atoms with Crippen LogP contribution in [0.3, 0.4) is 0 Å². The Hall–Kier alpha value is 0.239. The van der Waals surface area contributed by atoms with Crippen molar-refractivity contribution in [1.82, 2.24) is 10.6 Å². The molecule has 2 atom stereocenters. The zero-order chi connectivity index (χ0) is 24.1. The third-order valence-corrected chi connectivity index (χ3v) is 4.07. The molecule has 0 aliphatic carbocycles. The molecular weight excluding hydrogens is 484 g/mol. The number of hydrogen-bond donors (Lipinski definition) is 8. The van der Waals surface area contributed by atoms with Gasteiger partial charge in [0.25, 0.3) is 0 Å². The van der Waals surface area contributed by atoms with Crippen molar-refractivity contribution in [3.8, 4) is 0 Å². The van der Waals surface area contributed by atoms with E-state index in [1.807, 2.05) is 0 Å². The molecule has 12 nitrogen and oxygen atoms in total. The summed E-state index contributed by atoms with van der Waals surface area (Å²) in [4.78, 5) is 42.8. The molecule has 0 radical (unpaired) electrons. The van der Waals surface area contributed by atoms with E-state index in [0.717, 1.165) is 0 Å². The second-order valence-electron chi connectivity index (χ2n) is 7.97. The molecule has 0 saturated carbocycles. The first-order valence-electron chi connectivity index (χ1n) is 9.19. The Morgan fingerprint density at radius 3 is 1.16 bits per heavy atom. The van der Waals surface area contributed by atoms with E-state index in [-0.39, 0.29) is 120 Å². The van der Waals surface area contributed by atoms with Crippen molar-refractivity contribution in [1.29, 1.82) is 0 Å². The Balaban J connectivity index is -0.0000000622. The first kappa shape index (κ1) is 39.5. The summed E-state index contributed by atoms with van der Waals surface area (Å²) in [6, 6.07) is 0. The van der Waals surface area contributed by atoms with Gasteiger partial charge in [-0.25, -0.2) is 0 Å². The van der Waals surface area contributed by atoms with Crippen LogP contribution in [0.15, 0.2) is 0 Å². The van der Waals surface area contributed by atoms with E-state index < -0.39 is 46.8 Å². The maximum atomic E-state index is 11.3. The minimum Gasteiger partial charge on any atom is -1.00 e. The third-order valence-electron chi connectivity index (χ3n) is 4.07. The van der Waals surface area contributed by atoms with Gasteiger partial charge in [0.15, 0.2) is 0 Å². The van der Waals surface area contributed by atoms with Crippen LogP contribution < -0.4 is 10.6 Å². The van der Waals surface area contributed by atoms with Crippen LogP contribution in [0.2, 0.25) is 0 Å². The number of hydrogen-bond acceptors (Lipinski definition) is 8. The number of aliphatic hydroxyl groups is 4. The van der Waals surface area contributed by atoms with Crippen LogP contribution in [0.25, 0.3) is 0 Å². The second-order valence-corrected chi connectivity index (χ2v) is 7.97. The number of aliphatic carboxylic acids is 2. The molecule has 32 heavy (non-hydrogen) atoms. The van der Waals surface area contributed by atoms with Crippen molar-refractivity contribution in [2.24, 2.45) is 10.8 Å². The van der Waals surface area contributed by atoms with Gasteiger partial charge in [-0.1, -0.05) is 27.7 Å². The maximum absolute atomic E-state index is 11.3. The number of carbonyl (C=O) groups excluding carboxylic acids is 2. The smallest absolute Gasteiger partial charge is 1.00 e. The van der Waals surface area contributed by atoms with Crippen molar-refractivity contribution < 1.29 is 55.5 Å². The molecule has 2 unspecified atom stereocenters. The summed E-state index contributed by atoms with van der Waals surface area (Å²) in [7, 11) is 0. The van der Waals surface area contributed by atoms with Crippen LogP contribution in [0.4, 0.5) is 0 Å². The van der Waals surface area contributed by atoms with Gasteiger partial charge in [0.2, 0.25) is 11.8 Å². The predicted octanol–water partition coefficient (Wildman–Crippen LogP) is -2.40. The largest absolute Gasteiger partial charge is 2.00 e. The zero-order valence-corrected chi connectivity index (χ0v) is 23.5. The Labute approximate surface area is 253 Å². The van der Waals surface area contributed by atoms with Gasteiger partial charge in [0.1, 0.15) is 12.2 Å². The summed E-state index contributed by atoms with van der Waals surface area (Å²) in [6.45, 7) is 5.41. The van der Waals surface area contributed by atoms with Crippen LogP contribution in [0.5, 0.6) is 0 Å². The fourth-order valence-corrected chi connectivity index (χ4v) is 1.66. The Morgan fingerprint density at radius 1 is 0.719 bits per heavy atom. The topological polar surface area (TPSA) is 214 Å². The molecule has 0 saturated heterocycles. The monoisotopic (exact) mass is 522 g/mol. The minimum atomic E-state index is -1.35. The fourth-order valence-electron chi connectivity index (χ4n) is 1.66. The normalized spacial score (nSPS) is 12.5. The molecule has 0 aromatic carbocycles. The molecular formula is C18H38Ca2N2O10. The number of carboxylic acids is 2. The van der Waals surface area contributed by atoms with E-state index in [4.69, 9.17) is 20.4 Å². The fraction of sp³-hybridized carbons (Fsp3) is 0.778. The van der Waals surface area contributed by atoms with E-state index in [2.05, 4.69) is 10.6 Å². The molecule has 0 rings (SSSR count). The number of rotatable bonds is 12. The van der Waals surface area contributed by atoms with Gasteiger partial charge in [-0.2, -0.15) is 0 Å². The summed E-state index contributed by atoms with van der Waals surface area (Å²) in [6.07, 6.45) is -3.09. The van der Waals surface area contributed by atoms with E-state index in [9.17, 15) is 29.4 Å². The van der Waals surface area contributed by atoms with E-state index in [0.29, 0.717) is 0 Å². The van der Waals surface area contributed by atoms with Gasteiger partial charge in [-0.05, 0) is 0 Å². The molecule has 0 heterocycles. The van der Waals surface area contributed by atoms with Crippen molar-refractivity contribution in [3.05, 3.63) is 0 Å². The van der Waals surface area contributed by atoms with Gasteiger partial charge in [-0.15, -0.1) is 0 Å². The van der Waals surface area contributed by atoms with Gasteiger partial charge in [0.05, 0.1) is 26.1 Å². The minimum absolute atomic E-state index is 0. The number of amides is 2. The van der Waals surface area contributed by atoms with Crippen molar-refractivity contribution in [2.75, 3.05) is 26.3 Å². The standard InChI is InChI=1S/2C9H17NO5.2Ca.4H/c2*1-9(2,5-11)7(14)8(15)10-4-3-6(12)13;;;;;;/h2*7,11,14H,3-5H2,1-2H3,(H,10,15)(H,12,13);;;;;;/q;;2*+2;4*-1. The summed E-state index contributed by atoms with van der Waals surface area (Å²) in [5.41, 5.74) is -1.87. The molecule has 0 aliphatic heterocycles. The SMILES string of the molecule is CC(C)(CO)C(O)C(=O)NCCC(=O)O.CC(C)(CO)C(O)C(=O)NCCC(=O)O.[Ca+2].[Ca+2].[H-].[H-].[H-].[H-]. The first-order valence-corrected chi connectivity index (χ1v) is 9.19. The average Bonchev–Trinajstić information content (AvgIpc) is 2.66. The number of nitrogens with one attached hydrogen (secondary N) is 2. The molecule has 8 N–H and O–H groups in total. The molecule has 14 heteroatoms. The van der Waals surface area contributed by atoms with E-state index in [1.165, 1.54) is 27.7 Å². The molecule has 2 amide bonds. The molecule has 184 valence electrons. The molecule has 0 bridgehead atoms. The Kier molecular flexibility index (Phi) is 24.1. The zero-order valence-electron chi connectivity index (χ0n) is 23.1. The number of aliphatic hydroxyl groups excluding tert-OH is 4. The van der Waals surface area contributed by atoms with Crippen molar-refractivity contribution in [2.45, 2.75) is 52.7 Å². The molecule has 0 fully saturated rings. The van der Waals surface area contributed by atoms with Crippen LogP contribution >= 0.6 is 0 Å². The summed E-state index contributed by atoms with van der Waals surface area (Å²) >= 11 is 0. The third kappa shape index (κ3) is 17.7. The summed E-state index contributed by atoms with van der Waals surface area (Å²) < 4.78 is 0. The average molecular weight is 523 g/mol. The quantitative estimate of drug-likeness (QED) is 0.127. The Bertz CT molecular complexity index is 556. The van der Waals surface area contributed by atoms with Gasteiger partial charge < -0.3 is 47.0 Å². The van der Waals surface area contributed by atoms with E-state index in [1.54, 1.807) is 0 Å². The van der Waals surface area contributed by atoms with Crippen molar-refractivity contribution >= 4 is 99.2 Å². The van der Waals surface area contributed by atoms with Crippen LogP contribution in [-0.4, -0.2) is 168 Å². The van der Waals surface area contributed by atoms with Crippen LogP contribution in [0.1, 0.15) is 46.2 Å². The second kappa shape index (κ2) is 19.5. The molecule has 0 aromatic rings. The van der Waals surface area contributed by atoms with Crippen LogP contribution in [0, 0.1) is 10.8 Å². The van der Waals surface area contributed by atoms with Crippen LogP contribution in [-0.2, 0) is 19.2 Å². The predicted molar refractivity (Wildman–Crippen MR) is 120 cm³/mol. The molecule has 0 aromatic heterocycles. The maximum Gasteiger partial charge on any atom is 2.00 e. The Morgan fingerprint density at radius 2 is 0.969 bits per heavy atom. The van der Waals surface area contributed by atoms with Gasteiger partial charge >= 0.3 is 87.4 Å². The van der Waals surface area contributed by atoms with Gasteiger partial charge in [0, 0.05) is 23.9 Å². The molecule has 0 spiro atoms. The van der Waals surface area contributed by atoms with E-state index >= 15 is 0 Å². The molecule has 0 aliphatic rings. The summed E-state index contributed by atoms with van der Waals surface area (Å²) in [5.74, 6) is -3.39. The number of carboxylic acid groups (broad SMARTS) is 2. The summed E-state index contributed by atoms with van der Waals surface area (Å²) in [5, 5.41) is 57.9.